The van der Waals surface area contributed by atoms with Gasteiger partial charge >= 0.3 is 6.09 Å². The summed E-state index contributed by atoms with van der Waals surface area (Å²) in [6, 6.07) is 7.61. The Morgan fingerprint density at radius 3 is 2.54 bits per heavy atom. The van der Waals surface area contributed by atoms with Crippen molar-refractivity contribution in [3.63, 3.8) is 0 Å². The van der Waals surface area contributed by atoms with Crippen molar-refractivity contribution in [2.75, 3.05) is 25.0 Å². The van der Waals surface area contributed by atoms with Crippen LogP contribution in [0.1, 0.15) is 32.8 Å². The van der Waals surface area contributed by atoms with Crippen molar-refractivity contribution in [1.82, 2.24) is 4.90 Å². The number of ether oxygens (including phenoxy) is 1. The molecule has 1 amide bonds. The standard InChI is InChI=1S/C17H26N4O3/c1-17(2,3)24-16(22)20(4)14-9-10-21(11-14)13-7-5-12(6-8-13)15(18)19-23/h5-8,14,23H,9-11H2,1-4H3,(H2,18,19)/t14-/m1/s1. The quantitative estimate of drug-likeness (QED) is 0.383. The maximum Gasteiger partial charge on any atom is 0.410 e. The lowest BCUT2D eigenvalue weighted by Gasteiger charge is -2.28. The number of anilines is 1. The number of benzene rings is 1. The van der Waals surface area contributed by atoms with Gasteiger partial charge in [0.2, 0.25) is 0 Å². The Balaban J connectivity index is 1.98. The third-order valence-electron chi connectivity index (χ3n) is 4.03. The number of hydrogen-bond donors (Lipinski definition) is 2. The highest BCUT2D eigenvalue weighted by molar-refractivity contribution is 5.97. The fourth-order valence-corrected chi connectivity index (χ4v) is 2.68. The summed E-state index contributed by atoms with van der Waals surface area (Å²) in [5.41, 5.74) is 6.79. The number of carbonyl (C=O) groups excluding carboxylic acids is 1. The number of nitrogens with zero attached hydrogens (tertiary/aromatic N) is 3. The van der Waals surface area contributed by atoms with Crippen molar-refractivity contribution in [2.45, 2.75) is 38.8 Å². The topological polar surface area (TPSA) is 91.4 Å². The molecule has 1 heterocycles. The molecule has 0 saturated carbocycles. The molecule has 7 nitrogen and oxygen atoms in total. The number of likely N-dealkylation sites (N-methyl/N-ethyl adjacent to an activating group) is 1. The van der Waals surface area contributed by atoms with Crippen LogP contribution in [0.2, 0.25) is 0 Å². The van der Waals surface area contributed by atoms with E-state index in [1.165, 1.54) is 0 Å². The SMILES string of the molecule is CN(C(=O)OC(C)(C)C)[C@@H]1CCN(c2ccc(C(N)=NO)cc2)C1. The Kier molecular flexibility index (Phi) is 5.21. The van der Waals surface area contributed by atoms with Crippen LogP contribution < -0.4 is 10.6 Å². The van der Waals surface area contributed by atoms with Crippen LogP contribution in [0.3, 0.4) is 0 Å². The Bertz CT molecular complexity index is 607. The summed E-state index contributed by atoms with van der Waals surface area (Å²) in [7, 11) is 1.78. The largest absolute Gasteiger partial charge is 0.444 e. The molecular weight excluding hydrogens is 308 g/mol. The molecule has 7 heteroatoms. The molecule has 0 bridgehead atoms. The zero-order valence-electron chi connectivity index (χ0n) is 14.7. The summed E-state index contributed by atoms with van der Waals surface area (Å²) in [6.45, 7) is 7.20. The van der Waals surface area contributed by atoms with Crippen LogP contribution in [0.15, 0.2) is 29.4 Å². The lowest BCUT2D eigenvalue weighted by Crippen LogP contribution is -2.42. The molecule has 1 aliphatic heterocycles. The highest BCUT2D eigenvalue weighted by Gasteiger charge is 2.31. The third kappa shape index (κ3) is 4.31. The smallest absolute Gasteiger partial charge is 0.410 e. The van der Waals surface area contributed by atoms with Crippen molar-refractivity contribution < 1.29 is 14.7 Å². The van der Waals surface area contributed by atoms with E-state index in [1.807, 2.05) is 45.0 Å². The van der Waals surface area contributed by atoms with Crippen LogP contribution in [-0.2, 0) is 4.74 Å². The van der Waals surface area contributed by atoms with Gasteiger partial charge in [0.1, 0.15) is 5.60 Å². The lowest BCUT2D eigenvalue weighted by molar-refractivity contribution is 0.0238. The number of amides is 1. The second-order valence-corrected chi connectivity index (χ2v) is 7.01. The molecule has 0 aromatic heterocycles. The second kappa shape index (κ2) is 6.98. The first-order valence-corrected chi connectivity index (χ1v) is 8.00. The molecule has 3 N–H and O–H groups in total. The van der Waals surface area contributed by atoms with Gasteiger partial charge < -0.3 is 25.5 Å². The van der Waals surface area contributed by atoms with E-state index >= 15 is 0 Å². The van der Waals surface area contributed by atoms with Gasteiger partial charge in [0, 0.05) is 31.4 Å². The molecule has 132 valence electrons. The molecule has 0 unspecified atom stereocenters. The van der Waals surface area contributed by atoms with E-state index in [9.17, 15) is 4.79 Å². The first kappa shape index (κ1) is 17.9. The molecule has 0 spiro atoms. The van der Waals surface area contributed by atoms with Gasteiger partial charge in [-0.05, 0) is 51.5 Å². The van der Waals surface area contributed by atoms with Crippen LogP contribution >= 0.6 is 0 Å². The van der Waals surface area contributed by atoms with E-state index < -0.39 is 5.60 Å². The summed E-state index contributed by atoms with van der Waals surface area (Å²) >= 11 is 0. The second-order valence-electron chi connectivity index (χ2n) is 7.01. The monoisotopic (exact) mass is 334 g/mol. The predicted octanol–water partition coefficient (Wildman–Crippen LogP) is 2.23. The Labute approximate surface area is 142 Å². The molecule has 1 aromatic rings. The number of carbonyl (C=O) groups is 1. The van der Waals surface area contributed by atoms with Crippen LogP contribution in [0, 0.1) is 0 Å². The number of nitrogens with two attached hydrogens (primary N) is 1. The summed E-state index contributed by atoms with van der Waals surface area (Å²) in [5, 5.41) is 11.7. The molecule has 0 aliphatic carbocycles. The first-order chi connectivity index (χ1) is 11.2. The van der Waals surface area contributed by atoms with Crippen LogP contribution in [0.4, 0.5) is 10.5 Å². The number of oxime groups is 1. The third-order valence-corrected chi connectivity index (χ3v) is 4.03. The Hall–Kier alpha value is -2.44. The van der Waals surface area contributed by atoms with E-state index in [2.05, 4.69) is 10.1 Å². The minimum absolute atomic E-state index is 0.0884. The van der Waals surface area contributed by atoms with Gasteiger partial charge in [0.15, 0.2) is 5.84 Å². The number of amidine groups is 1. The molecule has 24 heavy (non-hydrogen) atoms. The van der Waals surface area contributed by atoms with Gasteiger partial charge in [-0.1, -0.05) is 5.16 Å². The van der Waals surface area contributed by atoms with Gasteiger partial charge in [0.05, 0.1) is 6.04 Å². The minimum Gasteiger partial charge on any atom is -0.444 e. The van der Waals surface area contributed by atoms with Crippen molar-refractivity contribution in [3.05, 3.63) is 29.8 Å². The van der Waals surface area contributed by atoms with E-state index in [1.54, 1.807) is 11.9 Å². The van der Waals surface area contributed by atoms with Crippen molar-refractivity contribution in [3.8, 4) is 0 Å². The fraction of sp³-hybridized carbons (Fsp3) is 0.529. The van der Waals surface area contributed by atoms with E-state index in [-0.39, 0.29) is 18.0 Å². The Morgan fingerprint density at radius 2 is 2.00 bits per heavy atom. The van der Waals surface area contributed by atoms with Crippen LogP contribution in [0.25, 0.3) is 0 Å². The zero-order valence-corrected chi connectivity index (χ0v) is 14.7. The average molecular weight is 334 g/mol. The van der Waals surface area contributed by atoms with Crippen molar-refractivity contribution in [1.29, 1.82) is 0 Å². The average Bonchev–Trinajstić information content (AvgIpc) is 3.01. The number of rotatable bonds is 3. The normalized spacial score (nSPS) is 18.6. The molecule has 0 radical (unpaired) electrons. The van der Waals surface area contributed by atoms with Crippen LogP contribution in [0.5, 0.6) is 0 Å². The number of hydrogen-bond acceptors (Lipinski definition) is 5. The van der Waals surface area contributed by atoms with E-state index in [0.717, 1.165) is 25.2 Å². The van der Waals surface area contributed by atoms with Gasteiger partial charge in [0.25, 0.3) is 0 Å². The maximum absolute atomic E-state index is 12.2. The highest BCUT2D eigenvalue weighted by Crippen LogP contribution is 2.24. The minimum atomic E-state index is -0.492. The van der Waals surface area contributed by atoms with Crippen molar-refractivity contribution >= 4 is 17.6 Å². The van der Waals surface area contributed by atoms with Crippen molar-refractivity contribution in [2.24, 2.45) is 10.9 Å². The van der Waals surface area contributed by atoms with Gasteiger partial charge in [-0.25, -0.2) is 4.79 Å². The first-order valence-electron chi connectivity index (χ1n) is 8.00. The molecule has 1 atom stereocenters. The molecule has 1 aromatic carbocycles. The Morgan fingerprint density at radius 1 is 1.38 bits per heavy atom. The fourth-order valence-electron chi connectivity index (χ4n) is 2.68. The maximum atomic E-state index is 12.2. The van der Waals surface area contributed by atoms with Gasteiger partial charge in [-0.3, -0.25) is 0 Å². The molecular formula is C17H26N4O3. The van der Waals surface area contributed by atoms with Gasteiger partial charge in [-0.15, -0.1) is 0 Å². The van der Waals surface area contributed by atoms with Crippen LogP contribution in [-0.4, -0.2) is 53.8 Å². The molecule has 1 fully saturated rings. The molecule has 1 saturated heterocycles. The highest BCUT2D eigenvalue weighted by atomic mass is 16.6. The summed E-state index contributed by atoms with van der Waals surface area (Å²) < 4.78 is 5.43. The van der Waals surface area contributed by atoms with Gasteiger partial charge in [-0.2, -0.15) is 0 Å². The zero-order chi connectivity index (χ0) is 17.9. The summed E-state index contributed by atoms with van der Waals surface area (Å²) in [5.74, 6) is 0.0884. The summed E-state index contributed by atoms with van der Waals surface area (Å²) in [4.78, 5) is 16.1. The van der Waals surface area contributed by atoms with E-state index in [4.69, 9.17) is 15.7 Å². The molecule has 2 rings (SSSR count). The predicted molar refractivity (Wildman–Crippen MR) is 93.6 cm³/mol. The molecule has 1 aliphatic rings. The summed E-state index contributed by atoms with van der Waals surface area (Å²) in [6.07, 6.45) is 0.592. The van der Waals surface area contributed by atoms with E-state index in [0.29, 0.717) is 5.56 Å². The lowest BCUT2D eigenvalue weighted by atomic mass is 10.2.